The molecule has 0 N–H and O–H groups in total. The molecule has 1 aliphatic heterocycles. The molecule has 4 aromatic rings. The van der Waals surface area contributed by atoms with Gasteiger partial charge in [-0.3, -0.25) is 9.59 Å². The second-order valence-electron chi connectivity index (χ2n) is 6.61. The number of halogens is 2. The van der Waals surface area contributed by atoms with Gasteiger partial charge in [0.2, 0.25) is 4.96 Å². The maximum Gasteiger partial charge on any atom is 0.291 e. The molecule has 148 valence electrons. The molecule has 0 unspecified atom stereocenters. The first-order valence-electron chi connectivity index (χ1n) is 8.90. The Morgan fingerprint density at radius 1 is 1.17 bits per heavy atom. The van der Waals surface area contributed by atoms with Crippen LogP contribution in [0.4, 0.5) is 10.1 Å². The standard InChI is InChI=1S/C21H12BrFN4O2S/c1-2-9-26-15-8-5-12(22)10-14(15)16(19(26)28)17-20(29)27-21(30-17)24-18(25-27)11-3-6-13(23)7-4-11/h2-8,10H,1,9H2/b17-16+. The van der Waals surface area contributed by atoms with E-state index in [1.165, 1.54) is 16.6 Å². The molecule has 0 saturated carbocycles. The number of anilines is 1. The fraction of sp³-hybridized carbons (Fsp3) is 0.0476. The van der Waals surface area contributed by atoms with Gasteiger partial charge in [0.05, 0.1) is 11.3 Å². The molecule has 6 nitrogen and oxygen atoms in total. The van der Waals surface area contributed by atoms with Crippen LogP contribution in [0.3, 0.4) is 0 Å². The van der Waals surface area contributed by atoms with E-state index < -0.39 is 5.56 Å². The molecule has 0 saturated heterocycles. The van der Waals surface area contributed by atoms with E-state index in [9.17, 15) is 14.0 Å². The van der Waals surface area contributed by atoms with Crippen LogP contribution < -0.4 is 15.0 Å². The number of fused-ring (bicyclic) bond motifs is 2. The number of hydrogen-bond donors (Lipinski definition) is 0. The molecule has 0 atom stereocenters. The molecule has 0 spiro atoms. The zero-order valence-corrected chi connectivity index (χ0v) is 17.7. The van der Waals surface area contributed by atoms with Crippen molar-refractivity contribution in [3.05, 3.63) is 85.9 Å². The Labute approximate surface area is 181 Å². The summed E-state index contributed by atoms with van der Waals surface area (Å²) in [6, 6.07) is 11.2. The zero-order valence-electron chi connectivity index (χ0n) is 15.3. The lowest BCUT2D eigenvalue weighted by atomic mass is 10.1. The number of hydrogen-bond acceptors (Lipinski definition) is 5. The normalized spacial score (nSPS) is 15.1. The number of nitrogens with zero attached hydrogens (tertiary/aromatic N) is 4. The van der Waals surface area contributed by atoms with Gasteiger partial charge in [-0.15, -0.1) is 11.7 Å². The molecule has 2 aromatic heterocycles. The predicted molar refractivity (Wildman–Crippen MR) is 117 cm³/mol. The van der Waals surface area contributed by atoms with Crippen LogP contribution in [0.25, 0.3) is 21.9 Å². The Bertz CT molecular complexity index is 1460. The first-order valence-corrected chi connectivity index (χ1v) is 10.5. The van der Waals surface area contributed by atoms with Crippen LogP contribution in [0.2, 0.25) is 0 Å². The average Bonchev–Trinajstić information content (AvgIpc) is 3.35. The maximum absolute atomic E-state index is 13.2. The van der Waals surface area contributed by atoms with Crippen molar-refractivity contribution in [1.82, 2.24) is 14.6 Å². The highest BCUT2D eigenvalue weighted by Gasteiger charge is 2.34. The molecule has 30 heavy (non-hydrogen) atoms. The molecule has 0 radical (unpaired) electrons. The third-order valence-corrected chi connectivity index (χ3v) is 6.30. The van der Waals surface area contributed by atoms with Crippen LogP contribution in [0.15, 0.2) is 64.4 Å². The van der Waals surface area contributed by atoms with E-state index >= 15 is 0 Å². The van der Waals surface area contributed by atoms with Crippen LogP contribution in [0, 0.1) is 5.82 Å². The fourth-order valence-corrected chi connectivity index (χ4v) is 4.80. The lowest BCUT2D eigenvalue weighted by Gasteiger charge is -2.14. The summed E-state index contributed by atoms with van der Waals surface area (Å²) < 4.78 is 15.4. The van der Waals surface area contributed by atoms with Gasteiger partial charge in [-0.25, -0.2) is 4.39 Å². The van der Waals surface area contributed by atoms with Crippen LogP contribution in [-0.4, -0.2) is 27.0 Å². The van der Waals surface area contributed by atoms with Crippen molar-refractivity contribution in [2.75, 3.05) is 11.4 Å². The molecule has 3 heterocycles. The van der Waals surface area contributed by atoms with Crippen molar-refractivity contribution in [2.45, 2.75) is 0 Å². The number of carbonyl (C=O) groups is 1. The number of benzene rings is 2. The van der Waals surface area contributed by atoms with Gasteiger partial charge in [0.25, 0.3) is 11.5 Å². The summed E-state index contributed by atoms with van der Waals surface area (Å²) in [5, 5.41) is 4.28. The summed E-state index contributed by atoms with van der Waals surface area (Å²) >= 11 is 4.55. The minimum atomic E-state index is -0.411. The van der Waals surface area contributed by atoms with Crippen LogP contribution >= 0.6 is 27.3 Å². The third kappa shape index (κ3) is 2.81. The summed E-state index contributed by atoms with van der Waals surface area (Å²) in [4.78, 5) is 32.6. The van der Waals surface area contributed by atoms with E-state index in [-0.39, 0.29) is 16.3 Å². The van der Waals surface area contributed by atoms with Crippen molar-refractivity contribution in [2.24, 2.45) is 0 Å². The van der Waals surface area contributed by atoms with E-state index in [4.69, 9.17) is 0 Å². The molecule has 0 fully saturated rings. The number of rotatable bonds is 3. The summed E-state index contributed by atoms with van der Waals surface area (Å²) in [5.41, 5.74) is 1.92. The van der Waals surface area contributed by atoms with Gasteiger partial charge in [0.1, 0.15) is 10.3 Å². The Balaban J connectivity index is 1.73. The molecule has 0 bridgehead atoms. The lowest BCUT2D eigenvalue weighted by molar-refractivity contribution is -0.112. The van der Waals surface area contributed by atoms with E-state index in [0.29, 0.717) is 34.0 Å². The summed E-state index contributed by atoms with van der Waals surface area (Å²) in [6.07, 6.45) is 1.64. The van der Waals surface area contributed by atoms with Crippen molar-refractivity contribution < 1.29 is 9.18 Å². The Kier molecular flexibility index (Phi) is 4.37. The Morgan fingerprint density at radius 2 is 1.93 bits per heavy atom. The number of carbonyl (C=O) groups excluding carboxylic acids is 1. The van der Waals surface area contributed by atoms with Gasteiger partial charge in [-0.05, 0) is 42.5 Å². The highest BCUT2D eigenvalue weighted by molar-refractivity contribution is 9.10. The van der Waals surface area contributed by atoms with Crippen LogP contribution in [-0.2, 0) is 4.79 Å². The average molecular weight is 483 g/mol. The van der Waals surface area contributed by atoms with Gasteiger partial charge in [-0.2, -0.15) is 9.50 Å². The van der Waals surface area contributed by atoms with E-state index in [1.54, 1.807) is 23.1 Å². The molecular weight excluding hydrogens is 471 g/mol. The number of aromatic nitrogens is 3. The predicted octanol–water partition coefficient (Wildman–Crippen LogP) is 3.17. The quantitative estimate of drug-likeness (QED) is 0.420. The smallest absolute Gasteiger partial charge is 0.291 e. The third-order valence-electron chi connectivity index (χ3n) is 4.78. The highest BCUT2D eigenvalue weighted by atomic mass is 79.9. The molecule has 2 aromatic carbocycles. The molecule has 9 heteroatoms. The van der Waals surface area contributed by atoms with Crippen molar-refractivity contribution in [3.63, 3.8) is 0 Å². The molecule has 0 aliphatic carbocycles. The maximum atomic E-state index is 13.2. The van der Waals surface area contributed by atoms with E-state index in [0.717, 1.165) is 21.5 Å². The lowest BCUT2D eigenvalue weighted by Crippen LogP contribution is -2.32. The summed E-state index contributed by atoms with van der Waals surface area (Å²) in [7, 11) is 0. The second kappa shape index (κ2) is 6.96. The molecule has 1 amide bonds. The van der Waals surface area contributed by atoms with Gasteiger partial charge in [0.15, 0.2) is 5.82 Å². The number of amides is 1. The Morgan fingerprint density at radius 3 is 2.63 bits per heavy atom. The van der Waals surface area contributed by atoms with Gasteiger partial charge >= 0.3 is 0 Å². The molecule has 5 rings (SSSR count). The fourth-order valence-electron chi connectivity index (χ4n) is 3.44. The van der Waals surface area contributed by atoms with Crippen molar-refractivity contribution >= 4 is 49.4 Å². The molecule has 1 aliphatic rings. The largest absolute Gasteiger partial charge is 0.304 e. The van der Waals surface area contributed by atoms with Gasteiger partial charge in [0, 0.05) is 22.1 Å². The van der Waals surface area contributed by atoms with Crippen LogP contribution in [0.1, 0.15) is 5.56 Å². The molecular formula is C21H12BrFN4O2S. The monoisotopic (exact) mass is 482 g/mol. The zero-order chi connectivity index (χ0) is 21.0. The first-order chi connectivity index (χ1) is 14.5. The SMILES string of the molecule is C=CCN1C(=O)/C(=c2/sc3nc(-c4ccc(F)cc4)nn3c2=O)c2cc(Br)ccc21. The van der Waals surface area contributed by atoms with E-state index in [1.807, 2.05) is 18.2 Å². The highest BCUT2D eigenvalue weighted by Crippen LogP contribution is 2.37. The van der Waals surface area contributed by atoms with E-state index in [2.05, 4.69) is 32.6 Å². The summed E-state index contributed by atoms with van der Waals surface area (Å²) in [5.74, 6) is -0.302. The van der Waals surface area contributed by atoms with Crippen molar-refractivity contribution in [1.29, 1.82) is 0 Å². The van der Waals surface area contributed by atoms with Crippen molar-refractivity contribution in [3.8, 4) is 11.4 Å². The Hall–Kier alpha value is -3.17. The summed E-state index contributed by atoms with van der Waals surface area (Å²) in [6.45, 7) is 4.05. The first kappa shape index (κ1) is 18.8. The van der Waals surface area contributed by atoms with Crippen LogP contribution in [0.5, 0.6) is 0 Å². The minimum Gasteiger partial charge on any atom is -0.304 e. The minimum absolute atomic E-state index is 0.261. The second-order valence-corrected chi connectivity index (χ2v) is 8.51. The van der Waals surface area contributed by atoms with Gasteiger partial charge in [-0.1, -0.05) is 33.3 Å². The number of thiazole rings is 1. The topological polar surface area (TPSA) is 67.6 Å². The van der Waals surface area contributed by atoms with Gasteiger partial charge < -0.3 is 4.90 Å².